The zero-order valence-corrected chi connectivity index (χ0v) is 13.9. The molecule has 1 saturated heterocycles. The smallest absolute Gasteiger partial charge is 0.181 e. The molecule has 1 fully saturated rings. The van der Waals surface area contributed by atoms with E-state index in [0.29, 0.717) is 11.7 Å². The molecule has 1 unspecified atom stereocenters. The van der Waals surface area contributed by atoms with Crippen LogP contribution < -0.4 is 0 Å². The summed E-state index contributed by atoms with van der Waals surface area (Å²) in [6, 6.07) is 9.82. The summed E-state index contributed by atoms with van der Waals surface area (Å²) in [6.07, 6.45) is 4.17. The van der Waals surface area contributed by atoms with Crippen LogP contribution in [0.5, 0.6) is 5.75 Å². The molecule has 5 heteroatoms. The number of fused-ring (bicyclic) bond motifs is 1. The highest BCUT2D eigenvalue weighted by Crippen LogP contribution is 2.24. The zero-order chi connectivity index (χ0) is 16.5. The third-order valence-corrected chi connectivity index (χ3v) is 4.87. The lowest BCUT2D eigenvalue weighted by Crippen LogP contribution is -2.20. The van der Waals surface area contributed by atoms with Gasteiger partial charge in [-0.3, -0.25) is 10.00 Å². The van der Waals surface area contributed by atoms with Gasteiger partial charge in [-0.05, 0) is 61.6 Å². The Bertz CT molecular complexity index is 857. The summed E-state index contributed by atoms with van der Waals surface area (Å²) in [7, 11) is 0. The van der Waals surface area contributed by atoms with Crippen LogP contribution in [-0.4, -0.2) is 38.3 Å². The number of benzene rings is 1. The number of aryl methyl sites for hydroxylation is 1. The van der Waals surface area contributed by atoms with Crippen molar-refractivity contribution in [3.63, 3.8) is 0 Å². The van der Waals surface area contributed by atoms with Gasteiger partial charge in [-0.1, -0.05) is 12.1 Å². The third-order valence-electron chi connectivity index (χ3n) is 4.87. The summed E-state index contributed by atoms with van der Waals surface area (Å²) in [5.74, 6) is 1.01. The van der Waals surface area contributed by atoms with Crippen LogP contribution in [-0.2, 0) is 13.0 Å². The lowest BCUT2D eigenvalue weighted by Gasteiger charge is -2.16. The average molecular weight is 322 g/mol. The van der Waals surface area contributed by atoms with E-state index in [1.54, 1.807) is 6.07 Å². The number of phenolic OH excluding ortho intramolecular Hbond substituents is 1. The highest BCUT2D eigenvalue weighted by Gasteiger charge is 2.23. The summed E-state index contributed by atoms with van der Waals surface area (Å²) >= 11 is 0. The maximum atomic E-state index is 9.60. The Morgan fingerprint density at radius 2 is 2.21 bits per heavy atom. The molecule has 3 aromatic rings. The molecular weight excluding hydrogens is 300 g/mol. The Labute approximate surface area is 141 Å². The molecule has 1 atom stereocenters. The number of aromatic hydroxyl groups is 1. The van der Waals surface area contributed by atoms with Crippen LogP contribution in [0.2, 0.25) is 0 Å². The van der Waals surface area contributed by atoms with Crippen LogP contribution in [0.1, 0.15) is 23.2 Å². The van der Waals surface area contributed by atoms with E-state index in [-0.39, 0.29) is 0 Å². The van der Waals surface area contributed by atoms with Crippen LogP contribution in [0.3, 0.4) is 0 Å². The van der Waals surface area contributed by atoms with Crippen molar-refractivity contribution in [3.05, 3.63) is 53.3 Å². The van der Waals surface area contributed by atoms with Gasteiger partial charge in [0.2, 0.25) is 0 Å². The highest BCUT2D eigenvalue weighted by atomic mass is 16.3. The number of nitrogens with zero attached hydrogens (tertiary/aromatic N) is 3. The SMILES string of the molecule is Cc1[nH]nc2ncc(CN3CCC(Cc4cccc(O)c4)C3)cc12. The van der Waals surface area contributed by atoms with Crippen LogP contribution in [0.25, 0.3) is 11.0 Å². The third kappa shape index (κ3) is 3.12. The second-order valence-corrected chi connectivity index (χ2v) is 6.83. The predicted octanol–water partition coefficient (Wildman–Crippen LogP) is 3.04. The minimum absolute atomic E-state index is 0.359. The lowest BCUT2D eigenvalue weighted by molar-refractivity contribution is 0.316. The minimum atomic E-state index is 0.359. The van der Waals surface area contributed by atoms with Crippen molar-refractivity contribution in [1.82, 2.24) is 20.1 Å². The first-order chi connectivity index (χ1) is 11.7. The van der Waals surface area contributed by atoms with Gasteiger partial charge in [0.15, 0.2) is 5.65 Å². The van der Waals surface area contributed by atoms with Gasteiger partial charge in [-0.15, -0.1) is 0 Å². The number of likely N-dealkylation sites (tertiary alicyclic amines) is 1. The Balaban J connectivity index is 1.40. The fraction of sp³-hybridized carbons (Fsp3) is 0.368. The molecule has 2 aromatic heterocycles. The van der Waals surface area contributed by atoms with Gasteiger partial charge in [0.1, 0.15) is 5.75 Å². The number of phenols is 1. The summed E-state index contributed by atoms with van der Waals surface area (Å²) in [6.45, 7) is 5.18. The highest BCUT2D eigenvalue weighted by molar-refractivity contribution is 5.77. The normalized spacial score (nSPS) is 18.5. The molecule has 5 nitrogen and oxygen atoms in total. The molecule has 0 radical (unpaired) electrons. The second kappa shape index (κ2) is 6.24. The molecule has 0 aliphatic carbocycles. The van der Waals surface area contributed by atoms with Crippen molar-refractivity contribution < 1.29 is 5.11 Å². The molecule has 24 heavy (non-hydrogen) atoms. The summed E-state index contributed by atoms with van der Waals surface area (Å²) in [5, 5.41) is 17.9. The van der Waals surface area contributed by atoms with Crippen LogP contribution in [0, 0.1) is 12.8 Å². The molecule has 2 N–H and O–H groups in total. The lowest BCUT2D eigenvalue weighted by atomic mass is 9.98. The van der Waals surface area contributed by atoms with E-state index in [1.807, 2.05) is 25.3 Å². The first-order valence-electron chi connectivity index (χ1n) is 8.47. The van der Waals surface area contributed by atoms with Gasteiger partial charge < -0.3 is 5.11 Å². The van der Waals surface area contributed by atoms with Crippen molar-refractivity contribution in [2.45, 2.75) is 26.3 Å². The van der Waals surface area contributed by atoms with Crippen molar-refractivity contribution in [3.8, 4) is 5.75 Å². The fourth-order valence-electron chi connectivity index (χ4n) is 3.65. The molecule has 3 heterocycles. The molecule has 4 rings (SSSR count). The summed E-state index contributed by atoms with van der Waals surface area (Å²) in [4.78, 5) is 6.94. The predicted molar refractivity (Wildman–Crippen MR) is 93.8 cm³/mol. The van der Waals surface area contributed by atoms with Crippen LogP contribution in [0.15, 0.2) is 36.5 Å². The molecular formula is C19H22N4O. The van der Waals surface area contributed by atoms with E-state index in [1.165, 1.54) is 17.5 Å². The Kier molecular flexibility index (Phi) is 3.94. The number of nitrogens with one attached hydrogen (secondary N) is 1. The largest absolute Gasteiger partial charge is 0.508 e. The van der Waals surface area contributed by atoms with Crippen molar-refractivity contribution in [2.24, 2.45) is 5.92 Å². The molecule has 1 aliphatic heterocycles. The van der Waals surface area contributed by atoms with Gasteiger partial charge in [-0.2, -0.15) is 5.10 Å². The van der Waals surface area contributed by atoms with E-state index in [2.05, 4.69) is 32.2 Å². The molecule has 1 aliphatic rings. The van der Waals surface area contributed by atoms with Gasteiger partial charge in [0.25, 0.3) is 0 Å². The molecule has 0 bridgehead atoms. The summed E-state index contributed by atoms with van der Waals surface area (Å²) < 4.78 is 0. The van der Waals surface area contributed by atoms with Crippen molar-refractivity contribution in [2.75, 3.05) is 13.1 Å². The van der Waals surface area contributed by atoms with E-state index >= 15 is 0 Å². The minimum Gasteiger partial charge on any atom is -0.508 e. The van der Waals surface area contributed by atoms with E-state index < -0.39 is 0 Å². The van der Waals surface area contributed by atoms with Gasteiger partial charge >= 0.3 is 0 Å². The molecule has 0 saturated carbocycles. The Morgan fingerprint density at radius 3 is 3.08 bits per heavy atom. The Morgan fingerprint density at radius 1 is 1.29 bits per heavy atom. The second-order valence-electron chi connectivity index (χ2n) is 6.83. The molecule has 1 aromatic carbocycles. The number of pyridine rings is 1. The number of aromatic amines is 1. The van der Waals surface area contributed by atoms with Gasteiger partial charge in [0, 0.05) is 30.4 Å². The topological polar surface area (TPSA) is 65.0 Å². The molecule has 0 amide bonds. The number of aromatic nitrogens is 3. The summed E-state index contributed by atoms with van der Waals surface area (Å²) in [5.41, 5.74) is 4.32. The van der Waals surface area contributed by atoms with Crippen LogP contribution >= 0.6 is 0 Å². The monoisotopic (exact) mass is 322 g/mol. The quantitative estimate of drug-likeness (QED) is 0.775. The maximum Gasteiger partial charge on any atom is 0.181 e. The molecule has 0 spiro atoms. The number of rotatable bonds is 4. The van der Waals surface area contributed by atoms with Crippen molar-refractivity contribution in [1.29, 1.82) is 0 Å². The first-order valence-corrected chi connectivity index (χ1v) is 8.47. The zero-order valence-electron chi connectivity index (χ0n) is 13.9. The first kappa shape index (κ1) is 15.1. The van der Waals surface area contributed by atoms with E-state index in [4.69, 9.17) is 0 Å². The van der Waals surface area contributed by atoms with Gasteiger partial charge in [-0.25, -0.2) is 4.98 Å². The fourth-order valence-corrected chi connectivity index (χ4v) is 3.65. The number of H-pyrrole nitrogens is 1. The maximum absolute atomic E-state index is 9.60. The average Bonchev–Trinajstić information content (AvgIpc) is 3.15. The van der Waals surface area contributed by atoms with Gasteiger partial charge in [0.05, 0.1) is 0 Å². The van der Waals surface area contributed by atoms with E-state index in [9.17, 15) is 5.11 Å². The number of hydrogen-bond donors (Lipinski definition) is 2. The van der Waals surface area contributed by atoms with E-state index in [0.717, 1.165) is 42.8 Å². The Hall–Kier alpha value is -2.40. The number of hydrogen-bond acceptors (Lipinski definition) is 4. The van der Waals surface area contributed by atoms with Crippen molar-refractivity contribution >= 4 is 11.0 Å². The molecule has 124 valence electrons. The van der Waals surface area contributed by atoms with Crippen LogP contribution in [0.4, 0.5) is 0 Å². The standard InChI is InChI=1S/C19H22N4O/c1-13-18-9-16(10-20-19(18)22-21-13)12-23-6-5-15(11-23)7-14-3-2-4-17(24)8-14/h2-4,8-10,15,24H,5-7,11-12H2,1H3,(H,20,21,22).